The molecule has 0 fully saturated rings. The number of aromatic nitrogens is 1. The topological polar surface area (TPSA) is 106 Å². The number of aliphatic hydroxyl groups is 1. The molecule has 0 radical (unpaired) electrons. The van der Waals surface area contributed by atoms with Crippen LogP contribution >= 0.6 is 0 Å². The van der Waals surface area contributed by atoms with E-state index in [1.54, 1.807) is 24.3 Å². The number of phenolic OH excluding ortho intramolecular Hbond substituents is 2. The minimum absolute atomic E-state index is 0.0238. The van der Waals surface area contributed by atoms with Gasteiger partial charge in [0.05, 0.1) is 11.6 Å². The molecule has 6 heteroatoms. The van der Waals surface area contributed by atoms with Gasteiger partial charge < -0.3 is 25.6 Å². The monoisotopic (exact) mass is 354 g/mol. The minimum Gasteiger partial charge on any atom is -0.508 e. The van der Waals surface area contributed by atoms with Crippen LogP contribution in [0, 0.1) is 0 Å². The van der Waals surface area contributed by atoms with Crippen LogP contribution in [0.25, 0.3) is 10.9 Å². The summed E-state index contributed by atoms with van der Waals surface area (Å²) in [7, 11) is 0. The van der Waals surface area contributed by atoms with E-state index < -0.39 is 6.10 Å². The van der Waals surface area contributed by atoms with E-state index in [4.69, 9.17) is 0 Å². The first-order valence-electron chi connectivity index (χ1n) is 8.57. The first kappa shape index (κ1) is 18.0. The Morgan fingerprint density at radius 2 is 1.81 bits per heavy atom. The molecule has 1 unspecified atom stereocenters. The summed E-state index contributed by atoms with van der Waals surface area (Å²) in [5, 5.41) is 33.9. The van der Waals surface area contributed by atoms with Crippen molar-refractivity contribution in [3.63, 3.8) is 0 Å². The van der Waals surface area contributed by atoms with Crippen molar-refractivity contribution in [2.45, 2.75) is 18.9 Å². The number of fused-ring (bicyclic) bond motifs is 1. The highest BCUT2D eigenvalue weighted by atomic mass is 16.3. The second-order valence-electron chi connectivity index (χ2n) is 6.24. The van der Waals surface area contributed by atoms with Crippen LogP contribution in [0.1, 0.15) is 23.7 Å². The zero-order valence-corrected chi connectivity index (χ0v) is 14.3. The maximum Gasteiger partial charge on any atom is 0.248 e. The molecule has 1 atom stereocenters. The predicted octanol–water partition coefficient (Wildman–Crippen LogP) is 2.20. The number of rotatable bonds is 7. The second-order valence-corrected chi connectivity index (χ2v) is 6.24. The summed E-state index contributed by atoms with van der Waals surface area (Å²) in [6, 6.07) is 13.4. The number of phenols is 2. The van der Waals surface area contributed by atoms with Crippen LogP contribution in [-0.4, -0.2) is 33.4 Å². The quantitative estimate of drug-likeness (QED) is 0.418. The van der Waals surface area contributed by atoms with E-state index in [9.17, 15) is 20.1 Å². The summed E-state index contributed by atoms with van der Waals surface area (Å²) < 4.78 is 0. The zero-order chi connectivity index (χ0) is 18.5. The van der Waals surface area contributed by atoms with Crippen LogP contribution < -0.4 is 10.9 Å². The van der Waals surface area contributed by atoms with E-state index >= 15 is 0 Å². The molecule has 0 spiro atoms. The molecule has 136 valence electrons. The lowest BCUT2D eigenvalue weighted by Crippen LogP contribution is -2.23. The Balaban J connectivity index is 1.58. The third-order valence-electron chi connectivity index (χ3n) is 4.39. The lowest BCUT2D eigenvalue weighted by Gasteiger charge is -2.15. The summed E-state index contributed by atoms with van der Waals surface area (Å²) in [4.78, 5) is 14.0. The molecule has 0 aliphatic heterocycles. The maximum absolute atomic E-state index is 11.4. The van der Waals surface area contributed by atoms with Gasteiger partial charge in [-0.3, -0.25) is 4.79 Å². The van der Waals surface area contributed by atoms with E-state index in [0.29, 0.717) is 35.3 Å². The summed E-state index contributed by atoms with van der Waals surface area (Å²) in [5.74, 6) is 0.279. The Morgan fingerprint density at radius 3 is 2.62 bits per heavy atom. The fraction of sp³-hybridized carbons (Fsp3) is 0.250. The van der Waals surface area contributed by atoms with Crippen LogP contribution in [0.3, 0.4) is 0 Å². The van der Waals surface area contributed by atoms with Crippen molar-refractivity contribution in [1.82, 2.24) is 10.3 Å². The van der Waals surface area contributed by atoms with Crippen LogP contribution in [0.15, 0.2) is 53.3 Å². The molecule has 0 amide bonds. The van der Waals surface area contributed by atoms with Crippen molar-refractivity contribution in [2.75, 3.05) is 13.1 Å². The number of aryl methyl sites for hydroxylation is 1. The second kappa shape index (κ2) is 8.03. The molecular formula is C20H22N2O4. The van der Waals surface area contributed by atoms with E-state index in [0.717, 1.165) is 18.4 Å². The normalized spacial score (nSPS) is 12.3. The molecule has 6 nitrogen and oxygen atoms in total. The van der Waals surface area contributed by atoms with Gasteiger partial charge in [-0.1, -0.05) is 24.3 Å². The van der Waals surface area contributed by atoms with Crippen molar-refractivity contribution >= 4 is 10.9 Å². The number of aromatic amines is 1. The van der Waals surface area contributed by atoms with Crippen LogP contribution in [-0.2, 0) is 6.42 Å². The molecule has 1 aromatic heterocycles. The van der Waals surface area contributed by atoms with E-state index in [-0.39, 0.29) is 11.3 Å². The average molecular weight is 354 g/mol. The number of hydrogen-bond donors (Lipinski definition) is 5. The minimum atomic E-state index is -0.769. The van der Waals surface area contributed by atoms with Gasteiger partial charge >= 0.3 is 0 Å². The highest BCUT2D eigenvalue weighted by Crippen LogP contribution is 2.28. The molecule has 2 aromatic carbocycles. The van der Waals surface area contributed by atoms with Gasteiger partial charge in [-0.2, -0.15) is 0 Å². The van der Waals surface area contributed by atoms with Crippen LogP contribution in [0.4, 0.5) is 0 Å². The molecule has 0 aliphatic rings. The summed E-state index contributed by atoms with van der Waals surface area (Å²) in [6.07, 6.45) is 0.807. The van der Waals surface area contributed by atoms with Gasteiger partial charge in [-0.25, -0.2) is 0 Å². The summed E-state index contributed by atoms with van der Waals surface area (Å²) in [5.41, 5.74) is 1.57. The van der Waals surface area contributed by atoms with Crippen molar-refractivity contribution in [2.24, 2.45) is 0 Å². The van der Waals surface area contributed by atoms with Gasteiger partial charge in [0.15, 0.2) is 0 Å². The number of nitrogens with one attached hydrogen (secondary N) is 2. The number of pyridine rings is 1. The lowest BCUT2D eigenvalue weighted by atomic mass is 10.0. The SMILES string of the molecule is O=c1ccc2c(C(O)CNCCCc3ccccc3O)ccc(O)c2[nH]1. The Morgan fingerprint density at radius 1 is 1.00 bits per heavy atom. The molecule has 3 aromatic rings. The molecule has 26 heavy (non-hydrogen) atoms. The van der Waals surface area contributed by atoms with Gasteiger partial charge in [0.2, 0.25) is 5.56 Å². The Kier molecular flexibility index (Phi) is 5.55. The molecular weight excluding hydrogens is 332 g/mol. The Labute approximate surface area is 150 Å². The Bertz CT molecular complexity index is 952. The summed E-state index contributed by atoms with van der Waals surface area (Å²) in [6.45, 7) is 1.04. The summed E-state index contributed by atoms with van der Waals surface area (Å²) >= 11 is 0. The third-order valence-corrected chi connectivity index (χ3v) is 4.39. The van der Waals surface area contributed by atoms with Gasteiger partial charge in [-0.05, 0) is 48.7 Å². The molecule has 1 heterocycles. The smallest absolute Gasteiger partial charge is 0.248 e. The van der Waals surface area contributed by atoms with E-state index in [2.05, 4.69) is 10.3 Å². The van der Waals surface area contributed by atoms with Crippen molar-refractivity contribution < 1.29 is 15.3 Å². The van der Waals surface area contributed by atoms with Crippen LogP contribution in [0.5, 0.6) is 11.5 Å². The molecule has 0 aliphatic carbocycles. The predicted molar refractivity (Wildman–Crippen MR) is 100 cm³/mol. The van der Waals surface area contributed by atoms with Gasteiger partial charge in [0.25, 0.3) is 0 Å². The highest BCUT2D eigenvalue weighted by molar-refractivity contribution is 5.87. The highest BCUT2D eigenvalue weighted by Gasteiger charge is 2.13. The molecule has 0 saturated carbocycles. The van der Waals surface area contributed by atoms with Gasteiger partial charge in [0, 0.05) is 18.0 Å². The van der Waals surface area contributed by atoms with Gasteiger partial charge in [0.1, 0.15) is 11.5 Å². The molecule has 5 N–H and O–H groups in total. The number of H-pyrrole nitrogens is 1. The van der Waals surface area contributed by atoms with E-state index in [1.807, 2.05) is 12.1 Å². The number of aliphatic hydroxyl groups excluding tert-OH is 1. The first-order chi connectivity index (χ1) is 12.6. The first-order valence-corrected chi connectivity index (χ1v) is 8.57. The lowest BCUT2D eigenvalue weighted by molar-refractivity contribution is 0.176. The van der Waals surface area contributed by atoms with Crippen LogP contribution in [0.2, 0.25) is 0 Å². The fourth-order valence-electron chi connectivity index (χ4n) is 3.02. The van der Waals surface area contributed by atoms with Gasteiger partial charge in [-0.15, -0.1) is 0 Å². The number of para-hydroxylation sites is 1. The number of benzene rings is 2. The largest absolute Gasteiger partial charge is 0.508 e. The number of aromatic hydroxyl groups is 2. The standard InChI is InChI=1S/C20H22N2O4/c23-16-6-2-1-4-13(16)5-3-11-21-12-18(25)14-7-9-17(24)20-15(14)8-10-19(26)22-20/h1-2,4,6-10,18,21,23-25H,3,5,11-12H2,(H,22,26). The third kappa shape index (κ3) is 4.04. The fourth-order valence-corrected chi connectivity index (χ4v) is 3.02. The average Bonchev–Trinajstić information content (AvgIpc) is 2.63. The molecule has 0 saturated heterocycles. The maximum atomic E-state index is 11.4. The van der Waals surface area contributed by atoms with E-state index in [1.165, 1.54) is 12.1 Å². The molecule has 3 rings (SSSR count). The molecule has 0 bridgehead atoms. The zero-order valence-electron chi connectivity index (χ0n) is 14.3. The van der Waals surface area contributed by atoms with Crippen molar-refractivity contribution in [3.05, 3.63) is 70.0 Å². The Hall–Kier alpha value is -2.83. The number of hydrogen-bond acceptors (Lipinski definition) is 5. The van der Waals surface area contributed by atoms with Crippen molar-refractivity contribution in [1.29, 1.82) is 0 Å². The van der Waals surface area contributed by atoms with Crippen molar-refractivity contribution in [3.8, 4) is 11.5 Å².